The van der Waals surface area contributed by atoms with Crippen LogP contribution in [0.1, 0.15) is 14.5 Å². The monoisotopic (exact) mass is 285 g/mol. The Hall–Kier alpha value is -2.54. The number of pyridine rings is 1. The molecule has 3 aromatic heterocycles. The highest BCUT2D eigenvalue weighted by molar-refractivity contribution is 7.14. The maximum absolute atomic E-state index is 12.0. The Labute approximate surface area is 119 Å². The van der Waals surface area contributed by atoms with Crippen LogP contribution in [0.2, 0.25) is 0 Å². The SMILES string of the molecule is Cc1ccc(C(=O)Nc2ccc(-n3cncn3)nc2)s1. The second-order valence-electron chi connectivity index (χ2n) is 4.11. The highest BCUT2D eigenvalue weighted by Crippen LogP contribution is 2.17. The number of amides is 1. The Morgan fingerprint density at radius 3 is 2.80 bits per heavy atom. The molecule has 0 unspecified atom stereocenters. The molecular weight excluding hydrogens is 274 g/mol. The van der Waals surface area contributed by atoms with Crippen LogP contribution in [0.25, 0.3) is 5.82 Å². The van der Waals surface area contributed by atoms with Crippen LogP contribution in [0.3, 0.4) is 0 Å². The van der Waals surface area contributed by atoms with Gasteiger partial charge in [-0.1, -0.05) is 0 Å². The average Bonchev–Trinajstić information content (AvgIpc) is 3.10. The van der Waals surface area contributed by atoms with Crippen molar-refractivity contribution < 1.29 is 4.79 Å². The van der Waals surface area contributed by atoms with Gasteiger partial charge in [0.15, 0.2) is 5.82 Å². The number of carbonyl (C=O) groups excluding carboxylic acids is 1. The van der Waals surface area contributed by atoms with E-state index in [1.165, 1.54) is 17.7 Å². The molecule has 0 saturated heterocycles. The van der Waals surface area contributed by atoms with E-state index in [9.17, 15) is 4.79 Å². The van der Waals surface area contributed by atoms with E-state index < -0.39 is 0 Å². The number of rotatable bonds is 3. The van der Waals surface area contributed by atoms with Crippen molar-refractivity contribution in [1.82, 2.24) is 19.7 Å². The van der Waals surface area contributed by atoms with E-state index >= 15 is 0 Å². The summed E-state index contributed by atoms with van der Waals surface area (Å²) in [5.41, 5.74) is 0.643. The zero-order chi connectivity index (χ0) is 13.9. The lowest BCUT2D eigenvalue weighted by atomic mass is 10.3. The Balaban J connectivity index is 1.74. The van der Waals surface area contributed by atoms with E-state index in [-0.39, 0.29) is 5.91 Å². The van der Waals surface area contributed by atoms with Crippen LogP contribution >= 0.6 is 11.3 Å². The third kappa shape index (κ3) is 2.57. The van der Waals surface area contributed by atoms with Crippen LogP contribution in [0, 0.1) is 6.92 Å². The molecule has 0 fully saturated rings. The number of thiophene rings is 1. The van der Waals surface area contributed by atoms with Crippen LogP contribution < -0.4 is 5.32 Å². The van der Waals surface area contributed by atoms with Crippen molar-refractivity contribution in [3.8, 4) is 5.82 Å². The number of aryl methyl sites for hydroxylation is 1. The number of nitrogens with one attached hydrogen (secondary N) is 1. The van der Waals surface area contributed by atoms with Crippen LogP contribution in [0.4, 0.5) is 5.69 Å². The third-order valence-corrected chi connectivity index (χ3v) is 3.62. The van der Waals surface area contributed by atoms with Gasteiger partial charge in [0.05, 0.1) is 16.8 Å². The van der Waals surface area contributed by atoms with Crippen LogP contribution in [0.15, 0.2) is 43.1 Å². The van der Waals surface area contributed by atoms with Gasteiger partial charge < -0.3 is 5.32 Å². The molecule has 1 amide bonds. The minimum atomic E-state index is -0.126. The molecule has 0 atom stereocenters. The molecule has 6 nitrogen and oxygen atoms in total. The van der Waals surface area contributed by atoms with Gasteiger partial charge in [-0.25, -0.2) is 14.6 Å². The molecule has 3 rings (SSSR count). The Morgan fingerprint density at radius 2 is 2.20 bits per heavy atom. The molecular formula is C13H11N5OS. The molecule has 0 aromatic carbocycles. The average molecular weight is 285 g/mol. The molecule has 3 heterocycles. The molecule has 0 spiro atoms. The van der Waals surface area contributed by atoms with Gasteiger partial charge in [-0.2, -0.15) is 5.10 Å². The summed E-state index contributed by atoms with van der Waals surface area (Å²) in [6.45, 7) is 1.97. The summed E-state index contributed by atoms with van der Waals surface area (Å²) in [5, 5.41) is 6.79. The minimum absolute atomic E-state index is 0.126. The molecule has 0 aliphatic heterocycles. The van der Waals surface area contributed by atoms with E-state index in [4.69, 9.17) is 0 Å². The van der Waals surface area contributed by atoms with Crippen molar-refractivity contribution in [3.63, 3.8) is 0 Å². The van der Waals surface area contributed by atoms with Gasteiger partial charge in [-0.15, -0.1) is 11.3 Å². The predicted octanol–water partition coefficient (Wildman–Crippen LogP) is 2.28. The summed E-state index contributed by atoms with van der Waals surface area (Å²) in [6.07, 6.45) is 4.60. The van der Waals surface area contributed by atoms with E-state index in [1.54, 1.807) is 29.3 Å². The number of nitrogens with zero attached hydrogens (tertiary/aromatic N) is 4. The van der Waals surface area contributed by atoms with Crippen molar-refractivity contribution in [2.24, 2.45) is 0 Å². The Kier molecular flexibility index (Phi) is 3.26. The lowest BCUT2D eigenvalue weighted by Gasteiger charge is -2.04. The molecule has 3 aromatic rings. The van der Waals surface area contributed by atoms with Crippen molar-refractivity contribution in [3.05, 3.63) is 52.9 Å². The molecule has 20 heavy (non-hydrogen) atoms. The predicted molar refractivity (Wildman–Crippen MR) is 76.2 cm³/mol. The Morgan fingerprint density at radius 1 is 1.30 bits per heavy atom. The number of hydrogen-bond donors (Lipinski definition) is 1. The van der Waals surface area contributed by atoms with Crippen molar-refractivity contribution in [1.29, 1.82) is 0 Å². The summed E-state index contributed by atoms with van der Waals surface area (Å²) in [6, 6.07) is 7.28. The van der Waals surface area contributed by atoms with Crippen molar-refractivity contribution in [2.75, 3.05) is 5.32 Å². The smallest absolute Gasteiger partial charge is 0.265 e. The summed E-state index contributed by atoms with van der Waals surface area (Å²) in [5.74, 6) is 0.519. The van der Waals surface area contributed by atoms with Gasteiger partial charge in [-0.05, 0) is 31.2 Å². The summed E-state index contributed by atoms with van der Waals surface area (Å²) >= 11 is 1.46. The molecule has 0 radical (unpaired) electrons. The highest BCUT2D eigenvalue weighted by atomic mass is 32.1. The van der Waals surface area contributed by atoms with E-state index in [1.807, 2.05) is 19.1 Å². The van der Waals surface area contributed by atoms with Crippen molar-refractivity contribution in [2.45, 2.75) is 6.92 Å². The van der Waals surface area contributed by atoms with Crippen molar-refractivity contribution >= 4 is 22.9 Å². The molecule has 0 bridgehead atoms. The molecule has 1 N–H and O–H groups in total. The first-order valence-electron chi connectivity index (χ1n) is 5.91. The molecule has 0 aliphatic carbocycles. The van der Waals surface area contributed by atoms with Crippen LogP contribution in [-0.4, -0.2) is 25.7 Å². The van der Waals surface area contributed by atoms with Crippen LogP contribution in [-0.2, 0) is 0 Å². The number of anilines is 1. The van der Waals surface area contributed by atoms with Gasteiger partial charge in [0.1, 0.15) is 12.7 Å². The largest absolute Gasteiger partial charge is 0.320 e. The quantitative estimate of drug-likeness (QED) is 0.801. The normalized spacial score (nSPS) is 10.4. The van der Waals surface area contributed by atoms with Gasteiger partial charge in [-0.3, -0.25) is 4.79 Å². The van der Waals surface area contributed by atoms with Crippen LogP contribution in [0.5, 0.6) is 0 Å². The maximum atomic E-state index is 12.0. The lowest BCUT2D eigenvalue weighted by molar-refractivity contribution is 0.103. The fourth-order valence-corrected chi connectivity index (χ4v) is 2.43. The zero-order valence-electron chi connectivity index (χ0n) is 10.6. The molecule has 0 saturated carbocycles. The number of carbonyl (C=O) groups is 1. The summed E-state index contributed by atoms with van der Waals surface area (Å²) in [4.78, 5) is 21.9. The minimum Gasteiger partial charge on any atom is -0.320 e. The number of hydrogen-bond acceptors (Lipinski definition) is 5. The topological polar surface area (TPSA) is 72.7 Å². The lowest BCUT2D eigenvalue weighted by Crippen LogP contribution is -2.10. The fraction of sp³-hybridized carbons (Fsp3) is 0.0769. The highest BCUT2D eigenvalue weighted by Gasteiger charge is 2.08. The first-order chi connectivity index (χ1) is 9.72. The molecule has 100 valence electrons. The van der Waals surface area contributed by atoms with Gasteiger partial charge in [0.2, 0.25) is 0 Å². The van der Waals surface area contributed by atoms with E-state index in [0.717, 1.165) is 4.88 Å². The summed E-state index contributed by atoms with van der Waals surface area (Å²) < 4.78 is 1.55. The Bertz CT molecular complexity index is 718. The fourth-order valence-electron chi connectivity index (χ4n) is 1.67. The van der Waals surface area contributed by atoms with E-state index in [2.05, 4.69) is 20.4 Å². The van der Waals surface area contributed by atoms with Gasteiger partial charge in [0.25, 0.3) is 5.91 Å². The zero-order valence-corrected chi connectivity index (χ0v) is 11.5. The number of aromatic nitrogens is 4. The van der Waals surface area contributed by atoms with Gasteiger partial charge in [0, 0.05) is 4.88 Å². The second-order valence-corrected chi connectivity index (χ2v) is 5.40. The summed E-state index contributed by atoms with van der Waals surface area (Å²) in [7, 11) is 0. The molecule has 7 heteroatoms. The molecule has 0 aliphatic rings. The first kappa shape index (κ1) is 12.5. The third-order valence-electron chi connectivity index (χ3n) is 2.62. The second kappa shape index (κ2) is 5.22. The standard InChI is InChI=1S/C13H11N5OS/c1-9-2-4-11(20-9)13(19)17-10-3-5-12(15-6-10)18-8-14-7-16-18/h2-8H,1H3,(H,17,19). The first-order valence-corrected chi connectivity index (χ1v) is 6.73. The van der Waals surface area contributed by atoms with E-state index in [0.29, 0.717) is 16.4 Å². The van der Waals surface area contributed by atoms with Gasteiger partial charge >= 0.3 is 0 Å². The maximum Gasteiger partial charge on any atom is 0.265 e.